The Balaban J connectivity index is 2.11. The molecule has 0 aromatic heterocycles. The van der Waals surface area contributed by atoms with E-state index in [4.69, 9.17) is 4.74 Å². The van der Waals surface area contributed by atoms with E-state index in [9.17, 15) is 17.6 Å². The van der Waals surface area contributed by atoms with E-state index < -0.39 is 15.8 Å². The number of anilines is 1. The van der Waals surface area contributed by atoms with Crippen molar-refractivity contribution in [3.8, 4) is 5.75 Å². The summed E-state index contributed by atoms with van der Waals surface area (Å²) in [5.41, 5.74) is 0.919. The number of carbonyl (C=O) groups excluding carboxylic acids is 1. The van der Waals surface area contributed by atoms with Crippen molar-refractivity contribution >= 4 is 21.6 Å². The molecule has 2 aromatic rings. The smallest absolute Gasteiger partial charge is 0.240 e. The lowest BCUT2D eigenvalue weighted by Crippen LogP contribution is -2.37. The van der Waals surface area contributed by atoms with Gasteiger partial charge in [-0.2, -0.15) is 0 Å². The Morgan fingerprint density at radius 2 is 1.96 bits per heavy atom. The highest BCUT2D eigenvalue weighted by Gasteiger charge is 2.18. The largest absolute Gasteiger partial charge is 0.497 e. The summed E-state index contributed by atoms with van der Waals surface area (Å²) >= 11 is 0. The molecular formula is C18H21FN2O4S. The highest BCUT2D eigenvalue weighted by Crippen LogP contribution is 2.21. The molecule has 2 aromatic carbocycles. The van der Waals surface area contributed by atoms with Crippen LogP contribution in [0.1, 0.15) is 12.5 Å². The van der Waals surface area contributed by atoms with Crippen molar-refractivity contribution in [2.75, 3.05) is 25.1 Å². The Morgan fingerprint density at radius 3 is 2.58 bits per heavy atom. The van der Waals surface area contributed by atoms with E-state index in [1.807, 2.05) is 0 Å². The van der Waals surface area contributed by atoms with Gasteiger partial charge in [-0.15, -0.1) is 0 Å². The molecule has 140 valence electrons. The van der Waals surface area contributed by atoms with E-state index in [-0.39, 0.29) is 23.9 Å². The number of aryl methyl sites for hydroxylation is 1. The van der Waals surface area contributed by atoms with Gasteiger partial charge in [0.15, 0.2) is 0 Å². The molecule has 0 fully saturated rings. The normalized spacial score (nSPS) is 11.2. The van der Waals surface area contributed by atoms with Gasteiger partial charge >= 0.3 is 0 Å². The lowest BCUT2D eigenvalue weighted by molar-refractivity contribution is -0.116. The second kappa shape index (κ2) is 8.29. The summed E-state index contributed by atoms with van der Waals surface area (Å²) in [6, 6.07) is 10.4. The van der Waals surface area contributed by atoms with Gasteiger partial charge in [-0.3, -0.25) is 4.79 Å². The third-order valence-electron chi connectivity index (χ3n) is 3.80. The number of methoxy groups -OCH3 is 1. The zero-order chi connectivity index (χ0) is 19.3. The molecule has 0 unspecified atom stereocenters. The van der Waals surface area contributed by atoms with E-state index in [1.54, 1.807) is 24.3 Å². The molecule has 26 heavy (non-hydrogen) atoms. The molecule has 6 nitrogen and oxygen atoms in total. The first-order valence-electron chi connectivity index (χ1n) is 7.92. The summed E-state index contributed by atoms with van der Waals surface area (Å²) in [6.45, 7) is 3.08. The Kier molecular flexibility index (Phi) is 6.33. The summed E-state index contributed by atoms with van der Waals surface area (Å²) in [5.74, 6) is -0.131. The molecule has 1 N–H and O–H groups in total. The molecule has 8 heteroatoms. The summed E-state index contributed by atoms with van der Waals surface area (Å²) in [6.07, 6.45) is 0. The van der Waals surface area contributed by atoms with E-state index in [0.717, 1.165) is 12.1 Å². The van der Waals surface area contributed by atoms with Crippen LogP contribution in [-0.2, 0) is 14.8 Å². The molecule has 0 saturated heterocycles. The van der Waals surface area contributed by atoms with Crippen LogP contribution in [0.5, 0.6) is 5.75 Å². The van der Waals surface area contributed by atoms with Crippen molar-refractivity contribution in [2.45, 2.75) is 18.7 Å². The fourth-order valence-corrected chi connectivity index (χ4v) is 3.78. The molecule has 0 aliphatic heterocycles. The van der Waals surface area contributed by atoms with Gasteiger partial charge in [0.1, 0.15) is 11.6 Å². The summed E-state index contributed by atoms with van der Waals surface area (Å²) < 4.78 is 45.5. The quantitative estimate of drug-likeness (QED) is 0.801. The summed E-state index contributed by atoms with van der Waals surface area (Å²) in [7, 11) is -2.28. The molecule has 0 spiro atoms. The molecule has 0 aliphatic carbocycles. The predicted molar refractivity (Wildman–Crippen MR) is 97.3 cm³/mol. The van der Waals surface area contributed by atoms with Gasteiger partial charge in [0.05, 0.1) is 12.0 Å². The monoisotopic (exact) mass is 380 g/mol. The number of nitrogens with zero attached hydrogens (tertiary/aromatic N) is 1. The maximum absolute atomic E-state index is 13.2. The molecule has 0 aliphatic rings. The first-order chi connectivity index (χ1) is 12.2. The Labute approximate surface area is 152 Å². The van der Waals surface area contributed by atoms with Crippen LogP contribution in [0.2, 0.25) is 0 Å². The second-order valence-electron chi connectivity index (χ2n) is 5.68. The van der Waals surface area contributed by atoms with Crippen molar-refractivity contribution in [2.24, 2.45) is 0 Å². The predicted octanol–water partition coefficient (Wildman–Crippen LogP) is 2.47. The number of sulfonamides is 1. The minimum Gasteiger partial charge on any atom is -0.497 e. The number of nitrogens with one attached hydrogen (secondary N) is 1. The third kappa shape index (κ3) is 4.80. The number of hydrogen-bond acceptors (Lipinski definition) is 4. The second-order valence-corrected chi connectivity index (χ2v) is 7.42. The van der Waals surface area contributed by atoms with Crippen molar-refractivity contribution < 1.29 is 22.3 Å². The van der Waals surface area contributed by atoms with Crippen LogP contribution in [0.15, 0.2) is 47.4 Å². The number of rotatable bonds is 7. The molecule has 2 rings (SSSR count). The van der Waals surface area contributed by atoms with Crippen LogP contribution in [0, 0.1) is 12.7 Å². The van der Waals surface area contributed by atoms with Gasteiger partial charge in [0, 0.05) is 31.8 Å². The van der Waals surface area contributed by atoms with Crippen LogP contribution in [0.3, 0.4) is 0 Å². The van der Waals surface area contributed by atoms with Gasteiger partial charge in [-0.05, 0) is 42.8 Å². The summed E-state index contributed by atoms with van der Waals surface area (Å²) in [4.78, 5) is 13.4. The Bertz CT molecular complexity index is 900. The van der Waals surface area contributed by atoms with E-state index in [1.165, 1.54) is 31.9 Å². The lowest BCUT2D eigenvalue weighted by Gasteiger charge is -2.22. The Morgan fingerprint density at radius 1 is 1.23 bits per heavy atom. The first kappa shape index (κ1) is 19.9. The number of amides is 1. The minimum atomic E-state index is -3.80. The molecule has 0 heterocycles. The van der Waals surface area contributed by atoms with E-state index >= 15 is 0 Å². The fourth-order valence-electron chi connectivity index (χ4n) is 2.53. The van der Waals surface area contributed by atoms with Crippen LogP contribution in [0.4, 0.5) is 10.1 Å². The molecule has 0 bridgehead atoms. The van der Waals surface area contributed by atoms with Crippen molar-refractivity contribution in [3.05, 3.63) is 53.8 Å². The highest BCUT2D eigenvalue weighted by molar-refractivity contribution is 7.89. The molecular weight excluding hydrogens is 359 g/mol. The molecule has 0 saturated carbocycles. The SMILES string of the molecule is COc1cccc(N(CCNS(=O)(=O)c2ccc(F)cc2C)C(C)=O)c1. The topological polar surface area (TPSA) is 75.7 Å². The number of ether oxygens (including phenoxy) is 1. The lowest BCUT2D eigenvalue weighted by atomic mass is 10.2. The number of hydrogen-bond donors (Lipinski definition) is 1. The zero-order valence-corrected chi connectivity index (χ0v) is 15.6. The van der Waals surface area contributed by atoms with Gasteiger partial charge in [0.2, 0.25) is 15.9 Å². The number of halogens is 1. The standard InChI is InChI=1S/C18H21FN2O4S/c1-13-11-15(19)7-8-18(13)26(23,24)20-9-10-21(14(2)22)16-5-4-6-17(12-16)25-3/h4-8,11-12,20H,9-10H2,1-3H3. The van der Waals surface area contributed by atoms with Gasteiger partial charge in [-0.1, -0.05) is 6.07 Å². The fraction of sp³-hybridized carbons (Fsp3) is 0.278. The maximum Gasteiger partial charge on any atom is 0.240 e. The van der Waals surface area contributed by atoms with Crippen molar-refractivity contribution in [1.29, 1.82) is 0 Å². The molecule has 0 radical (unpaired) electrons. The van der Waals surface area contributed by atoms with Crippen LogP contribution >= 0.6 is 0 Å². The third-order valence-corrected chi connectivity index (χ3v) is 5.42. The van der Waals surface area contributed by atoms with Gasteiger partial charge in [-0.25, -0.2) is 17.5 Å². The van der Waals surface area contributed by atoms with Gasteiger partial charge < -0.3 is 9.64 Å². The average Bonchev–Trinajstić information content (AvgIpc) is 2.58. The minimum absolute atomic E-state index is 0.00894. The molecule has 0 atom stereocenters. The first-order valence-corrected chi connectivity index (χ1v) is 9.41. The Hall–Kier alpha value is -2.45. The van der Waals surface area contributed by atoms with Crippen molar-refractivity contribution in [3.63, 3.8) is 0 Å². The molecule has 1 amide bonds. The average molecular weight is 380 g/mol. The van der Waals surface area contributed by atoms with Crippen LogP contribution in [-0.4, -0.2) is 34.5 Å². The summed E-state index contributed by atoms with van der Waals surface area (Å²) in [5, 5.41) is 0. The van der Waals surface area contributed by atoms with E-state index in [0.29, 0.717) is 17.0 Å². The zero-order valence-electron chi connectivity index (χ0n) is 14.8. The maximum atomic E-state index is 13.2. The van der Waals surface area contributed by atoms with Gasteiger partial charge in [0.25, 0.3) is 0 Å². The number of benzene rings is 2. The van der Waals surface area contributed by atoms with Crippen molar-refractivity contribution in [1.82, 2.24) is 4.72 Å². The highest BCUT2D eigenvalue weighted by atomic mass is 32.2. The van der Waals surface area contributed by atoms with E-state index in [2.05, 4.69) is 4.72 Å². The van der Waals surface area contributed by atoms with Crippen LogP contribution in [0.25, 0.3) is 0 Å². The van der Waals surface area contributed by atoms with Crippen LogP contribution < -0.4 is 14.4 Å². The number of carbonyl (C=O) groups is 1.